The molecule has 0 saturated heterocycles. The molecule has 1 aromatic heterocycles. The second-order valence-electron chi connectivity index (χ2n) is 4.68. The van der Waals surface area contributed by atoms with Gasteiger partial charge in [-0.1, -0.05) is 6.07 Å². The van der Waals surface area contributed by atoms with Crippen LogP contribution in [0.25, 0.3) is 0 Å². The zero-order valence-electron chi connectivity index (χ0n) is 10.2. The Hall–Kier alpha value is -1.91. The van der Waals surface area contributed by atoms with Gasteiger partial charge in [0.25, 0.3) is 5.91 Å². The number of carboxylic acid groups (broad SMARTS) is 1. The number of hydrogen-bond donors (Lipinski definition) is 2. The van der Waals surface area contributed by atoms with Crippen LogP contribution in [0, 0.1) is 12.8 Å². The maximum atomic E-state index is 11.9. The first-order valence-electron chi connectivity index (χ1n) is 6.03. The van der Waals surface area contributed by atoms with Crippen LogP contribution in [-0.4, -0.2) is 28.0 Å². The highest BCUT2D eigenvalue weighted by atomic mass is 16.4. The summed E-state index contributed by atoms with van der Waals surface area (Å²) in [5.41, 5.74) is 1.17. The summed E-state index contributed by atoms with van der Waals surface area (Å²) < 4.78 is 0. The Morgan fingerprint density at radius 1 is 1.39 bits per heavy atom. The van der Waals surface area contributed by atoms with Gasteiger partial charge in [-0.2, -0.15) is 0 Å². The Morgan fingerprint density at radius 2 is 2.17 bits per heavy atom. The maximum absolute atomic E-state index is 11.9. The number of aliphatic carboxylic acids is 1. The van der Waals surface area contributed by atoms with Crippen LogP contribution in [-0.2, 0) is 4.79 Å². The lowest BCUT2D eigenvalue weighted by atomic mass is 10.1. The van der Waals surface area contributed by atoms with E-state index in [1.54, 1.807) is 12.1 Å². The molecule has 96 valence electrons. The van der Waals surface area contributed by atoms with Crippen LogP contribution >= 0.6 is 0 Å². The lowest BCUT2D eigenvalue weighted by Crippen LogP contribution is -2.33. The minimum Gasteiger partial charge on any atom is -0.481 e. The molecule has 0 bridgehead atoms. The van der Waals surface area contributed by atoms with E-state index in [4.69, 9.17) is 5.11 Å². The van der Waals surface area contributed by atoms with Gasteiger partial charge in [-0.15, -0.1) is 0 Å². The summed E-state index contributed by atoms with van der Waals surface area (Å²) >= 11 is 0. The minimum atomic E-state index is -0.777. The number of carbonyl (C=O) groups is 2. The van der Waals surface area contributed by atoms with E-state index in [9.17, 15) is 9.59 Å². The second kappa shape index (κ2) is 5.16. The van der Waals surface area contributed by atoms with Gasteiger partial charge in [-0.05, 0) is 38.3 Å². The number of aryl methyl sites for hydroxylation is 1. The monoisotopic (exact) mass is 248 g/mol. The molecule has 1 aliphatic rings. The highest BCUT2D eigenvalue weighted by Gasteiger charge is 2.30. The van der Waals surface area contributed by atoms with Crippen molar-refractivity contribution >= 4 is 11.9 Å². The van der Waals surface area contributed by atoms with Crippen molar-refractivity contribution < 1.29 is 14.7 Å². The molecule has 0 unspecified atom stereocenters. The Balaban J connectivity index is 1.95. The standard InChI is InChI=1S/C13H16N2O3/c1-8-3-2-4-11(14-8)12(16)15-10-6-5-9(7-10)13(17)18/h2-4,9-10H,5-7H2,1H3,(H,15,16)(H,17,18)/t9-,10+/m1/s1. The van der Waals surface area contributed by atoms with E-state index in [2.05, 4.69) is 10.3 Å². The van der Waals surface area contributed by atoms with Crippen LogP contribution in [0.2, 0.25) is 0 Å². The summed E-state index contributed by atoms with van der Waals surface area (Å²) in [7, 11) is 0. The van der Waals surface area contributed by atoms with Crippen molar-refractivity contribution in [1.29, 1.82) is 0 Å². The average molecular weight is 248 g/mol. The number of rotatable bonds is 3. The van der Waals surface area contributed by atoms with Gasteiger partial charge in [0.15, 0.2) is 0 Å². The fourth-order valence-electron chi connectivity index (χ4n) is 2.27. The molecule has 2 N–H and O–H groups in total. The quantitative estimate of drug-likeness (QED) is 0.846. The third kappa shape index (κ3) is 2.85. The predicted molar refractivity (Wildman–Crippen MR) is 65.2 cm³/mol. The first kappa shape index (κ1) is 12.5. The number of hydrogen-bond acceptors (Lipinski definition) is 3. The molecule has 5 heteroatoms. The average Bonchev–Trinajstić information content (AvgIpc) is 2.77. The largest absolute Gasteiger partial charge is 0.481 e. The van der Waals surface area contributed by atoms with Crippen LogP contribution in [0.5, 0.6) is 0 Å². The highest BCUT2D eigenvalue weighted by Crippen LogP contribution is 2.25. The van der Waals surface area contributed by atoms with E-state index in [0.29, 0.717) is 25.0 Å². The van der Waals surface area contributed by atoms with Crippen molar-refractivity contribution in [2.45, 2.75) is 32.2 Å². The minimum absolute atomic E-state index is 0.0547. The first-order valence-corrected chi connectivity index (χ1v) is 6.03. The molecule has 0 radical (unpaired) electrons. The Morgan fingerprint density at radius 3 is 2.78 bits per heavy atom. The molecule has 1 saturated carbocycles. The number of nitrogens with zero attached hydrogens (tertiary/aromatic N) is 1. The molecule has 1 fully saturated rings. The summed E-state index contributed by atoms with van der Waals surface area (Å²) in [5, 5.41) is 11.7. The van der Waals surface area contributed by atoms with Gasteiger partial charge in [0.05, 0.1) is 5.92 Å². The molecule has 0 aromatic carbocycles. The van der Waals surface area contributed by atoms with Crippen LogP contribution in [0.15, 0.2) is 18.2 Å². The Labute approximate surface area is 105 Å². The van der Waals surface area contributed by atoms with E-state index in [-0.39, 0.29) is 17.9 Å². The van der Waals surface area contributed by atoms with Gasteiger partial charge < -0.3 is 10.4 Å². The topological polar surface area (TPSA) is 79.3 Å². The van der Waals surface area contributed by atoms with Gasteiger partial charge in [0.1, 0.15) is 5.69 Å². The van der Waals surface area contributed by atoms with Crippen LogP contribution < -0.4 is 5.32 Å². The third-order valence-electron chi connectivity index (χ3n) is 3.24. The van der Waals surface area contributed by atoms with Gasteiger partial charge in [0, 0.05) is 11.7 Å². The van der Waals surface area contributed by atoms with Crippen molar-refractivity contribution in [1.82, 2.24) is 10.3 Å². The smallest absolute Gasteiger partial charge is 0.306 e. The molecule has 1 aliphatic carbocycles. The molecule has 1 heterocycles. The zero-order valence-corrected chi connectivity index (χ0v) is 10.2. The third-order valence-corrected chi connectivity index (χ3v) is 3.24. The van der Waals surface area contributed by atoms with Crippen molar-refractivity contribution in [3.05, 3.63) is 29.6 Å². The van der Waals surface area contributed by atoms with Crippen molar-refractivity contribution in [3.63, 3.8) is 0 Å². The SMILES string of the molecule is Cc1cccc(C(=O)N[C@H]2CC[C@@H](C(=O)O)C2)n1. The van der Waals surface area contributed by atoms with Crippen molar-refractivity contribution in [3.8, 4) is 0 Å². The molecule has 1 aromatic rings. The number of carboxylic acids is 1. The predicted octanol–water partition coefficient (Wildman–Crippen LogP) is 1.37. The van der Waals surface area contributed by atoms with Crippen LogP contribution in [0.1, 0.15) is 35.4 Å². The van der Waals surface area contributed by atoms with Gasteiger partial charge in [-0.25, -0.2) is 4.98 Å². The van der Waals surface area contributed by atoms with Crippen molar-refractivity contribution in [2.75, 3.05) is 0 Å². The lowest BCUT2D eigenvalue weighted by molar-refractivity contribution is -0.141. The molecular weight excluding hydrogens is 232 g/mol. The van der Waals surface area contributed by atoms with E-state index >= 15 is 0 Å². The fourth-order valence-corrected chi connectivity index (χ4v) is 2.27. The second-order valence-corrected chi connectivity index (χ2v) is 4.68. The number of carbonyl (C=O) groups excluding carboxylic acids is 1. The molecular formula is C13H16N2O3. The van der Waals surface area contributed by atoms with E-state index in [0.717, 1.165) is 5.69 Å². The summed E-state index contributed by atoms with van der Waals surface area (Å²) in [5.74, 6) is -1.34. The summed E-state index contributed by atoms with van der Waals surface area (Å²) in [6.07, 6.45) is 1.85. The molecule has 2 rings (SSSR count). The van der Waals surface area contributed by atoms with Gasteiger partial charge in [-0.3, -0.25) is 9.59 Å². The summed E-state index contributed by atoms with van der Waals surface area (Å²) in [4.78, 5) is 26.9. The molecule has 1 amide bonds. The molecule has 0 spiro atoms. The maximum Gasteiger partial charge on any atom is 0.306 e. The molecule has 5 nitrogen and oxygen atoms in total. The fraction of sp³-hybridized carbons (Fsp3) is 0.462. The zero-order chi connectivity index (χ0) is 13.1. The number of amides is 1. The van der Waals surface area contributed by atoms with Crippen LogP contribution in [0.4, 0.5) is 0 Å². The van der Waals surface area contributed by atoms with Gasteiger partial charge in [0.2, 0.25) is 0 Å². The molecule has 0 aliphatic heterocycles. The van der Waals surface area contributed by atoms with E-state index < -0.39 is 5.97 Å². The highest BCUT2D eigenvalue weighted by molar-refractivity contribution is 5.92. The lowest BCUT2D eigenvalue weighted by Gasteiger charge is -2.12. The number of nitrogens with one attached hydrogen (secondary N) is 1. The Kier molecular flexibility index (Phi) is 3.60. The van der Waals surface area contributed by atoms with E-state index in [1.807, 2.05) is 13.0 Å². The Bertz CT molecular complexity index is 473. The summed E-state index contributed by atoms with van der Waals surface area (Å²) in [6.45, 7) is 1.83. The number of pyridine rings is 1. The van der Waals surface area contributed by atoms with Gasteiger partial charge >= 0.3 is 5.97 Å². The van der Waals surface area contributed by atoms with Crippen LogP contribution in [0.3, 0.4) is 0 Å². The van der Waals surface area contributed by atoms with E-state index in [1.165, 1.54) is 0 Å². The first-order chi connectivity index (χ1) is 8.56. The molecule has 18 heavy (non-hydrogen) atoms. The molecule has 2 atom stereocenters. The number of aromatic nitrogens is 1. The normalized spacial score (nSPS) is 22.7. The van der Waals surface area contributed by atoms with Crippen molar-refractivity contribution in [2.24, 2.45) is 5.92 Å². The summed E-state index contributed by atoms with van der Waals surface area (Å²) in [6, 6.07) is 5.21.